The number of rotatable bonds is 38. The molecule has 1 aliphatic carbocycles. The maximum Gasteiger partial charge on any atom is 0.329 e. The maximum atomic E-state index is 14.6. The third kappa shape index (κ3) is 27.3. The fourth-order valence-electron chi connectivity index (χ4n) is 11.5. The number of carboxylic acid groups (broad SMARTS) is 1. The molecule has 1 aromatic rings. The number of benzene rings is 1. The Morgan fingerprint density at radius 3 is 1.60 bits per heavy atom. The molecule has 10 amide bonds. The number of nitrogens with one attached hydrogen (secondary N) is 10. The average Bonchev–Trinajstić information content (AvgIpc) is 1.34. The number of hydrogen-bond acceptors (Lipinski definition) is 16. The van der Waals surface area contributed by atoms with Crippen molar-refractivity contribution in [3.05, 3.63) is 35.9 Å². The maximum absolute atomic E-state index is 14.6. The number of esters is 1. The van der Waals surface area contributed by atoms with E-state index in [2.05, 4.69) is 63.2 Å². The van der Waals surface area contributed by atoms with Crippen LogP contribution in [0.2, 0.25) is 0 Å². The third-order valence-electron chi connectivity index (χ3n) is 18.6. The van der Waals surface area contributed by atoms with E-state index in [4.69, 9.17) is 27.7 Å². The van der Waals surface area contributed by atoms with Crippen LogP contribution >= 0.6 is 0 Å². The molecule has 1 heterocycles. The van der Waals surface area contributed by atoms with E-state index in [1.165, 1.54) is 6.92 Å². The Balaban J connectivity index is 1.97. The molecule has 31 heteroatoms. The number of amides is 10. The first kappa shape index (κ1) is 83.6. The average molecular weight is 1380 g/mol. The summed E-state index contributed by atoms with van der Waals surface area (Å²) in [5.41, 5.74) is 23.2. The standard InChI is InChI=1S/C67H112N16O15/c1-11-36(6)49(78-55(87)42(15-5)34-41-24-18-16-19-25-41)60(92)75-44(28-22-32-72-66(68)69)56(88)74-46(30-31-48(85)86)58(90)79-51(38(8)13-3)62(94)80-50(37(7)12-2)61(93)77-47(35-84)59(91)82-53-40(10)98-65(97)52(39(9)14-4)81-64(96)54(43-26-20-17-21-27-43)83-57(89)45(76-63(53)95)29-23-33-73-67(70)71/h16,18-19,24-25,36-40,42-47,49-54,84H,11-15,17,20-23,26-35H2,1-10H3,(H,74,88)(H,75,92)(H,76,95)(H,77,93)(H,78,87)(H,79,90)(H,80,94)(H,81,96)(H,82,91)(H,83,89)(H,85,86)(H4,68,69,72)(H4,70,71,73)/t36-,37-,38+,39-,40-,42+,44-,45-,46+,47-,49-,50-,51+,52-,53+,54-/m0/s1. The molecule has 1 aliphatic heterocycles. The first-order valence-electron chi connectivity index (χ1n) is 34.7. The highest BCUT2D eigenvalue weighted by molar-refractivity contribution is 5.99. The van der Waals surface area contributed by atoms with Crippen LogP contribution in [-0.4, -0.2) is 179 Å². The zero-order chi connectivity index (χ0) is 73.3. The van der Waals surface area contributed by atoms with Gasteiger partial charge in [-0.3, -0.25) is 62.7 Å². The molecule has 16 atom stereocenters. The van der Waals surface area contributed by atoms with Crippen molar-refractivity contribution in [2.45, 2.75) is 245 Å². The van der Waals surface area contributed by atoms with E-state index in [1.54, 1.807) is 48.5 Å². The molecule has 31 nitrogen and oxygen atoms in total. The van der Waals surface area contributed by atoms with Gasteiger partial charge in [-0.25, -0.2) is 4.79 Å². The van der Waals surface area contributed by atoms with Gasteiger partial charge in [-0.1, -0.05) is 138 Å². The lowest BCUT2D eigenvalue weighted by atomic mass is 9.83. The van der Waals surface area contributed by atoms with Gasteiger partial charge < -0.3 is 91.1 Å². The highest BCUT2D eigenvalue weighted by Gasteiger charge is 2.43. The van der Waals surface area contributed by atoms with Crippen molar-refractivity contribution < 1.29 is 72.5 Å². The second kappa shape index (κ2) is 42.9. The quantitative estimate of drug-likeness (QED) is 0.0176. The van der Waals surface area contributed by atoms with E-state index < -0.39 is 181 Å². The van der Waals surface area contributed by atoms with E-state index in [0.29, 0.717) is 38.5 Å². The van der Waals surface area contributed by atoms with Gasteiger partial charge in [0.1, 0.15) is 66.5 Å². The minimum atomic E-state index is -1.85. The first-order chi connectivity index (χ1) is 46.4. The number of cyclic esters (lactones) is 1. The van der Waals surface area contributed by atoms with Gasteiger partial charge in [0.05, 0.1) is 6.61 Å². The number of nitrogens with two attached hydrogens (primary N) is 4. The molecule has 0 bridgehead atoms. The van der Waals surface area contributed by atoms with Crippen molar-refractivity contribution in [3.8, 4) is 0 Å². The number of aliphatic carboxylic acids is 1. The molecule has 98 heavy (non-hydrogen) atoms. The zero-order valence-electron chi connectivity index (χ0n) is 58.7. The molecule has 0 unspecified atom stereocenters. The summed E-state index contributed by atoms with van der Waals surface area (Å²) in [6.07, 6.45) is 3.38. The fourth-order valence-corrected chi connectivity index (χ4v) is 11.5. The zero-order valence-corrected chi connectivity index (χ0v) is 58.7. The number of aliphatic imine (C=N–C) groups is 2. The minimum Gasteiger partial charge on any atom is -0.481 e. The molecule has 550 valence electrons. The monoisotopic (exact) mass is 1380 g/mol. The number of aliphatic hydroxyl groups is 1. The molecule has 1 saturated carbocycles. The second-order valence-electron chi connectivity index (χ2n) is 26.1. The van der Waals surface area contributed by atoms with Gasteiger partial charge in [-0.2, -0.15) is 0 Å². The number of guanidine groups is 2. The molecule has 1 saturated heterocycles. The second-order valence-corrected chi connectivity index (χ2v) is 26.1. The Kier molecular flexibility index (Phi) is 36.6. The van der Waals surface area contributed by atoms with Crippen LogP contribution in [-0.2, 0) is 68.7 Å². The molecule has 20 N–H and O–H groups in total. The van der Waals surface area contributed by atoms with Crippen molar-refractivity contribution in [3.63, 3.8) is 0 Å². The molecule has 1 aromatic carbocycles. The van der Waals surface area contributed by atoms with Crippen LogP contribution in [0, 0.1) is 35.5 Å². The lowest BCUT2D eigenvalue weighted by Crippen LogP contribution is -2.63. The van der Waals surface area contributed by atoms with E-state index in [-0.39, 0.29) is 75.4 Å². The Bertz CT molecular complexity index is 2870. The number of ether oxygens (including phenoxy) is 1. The summed E-state index contributed by atoms with van der Waals surface area (Å²) in [5, 5.41) is 47.3. The number of hydrogen-bond donors (Lipinski definition) is 16. The topological polar surface area (TPSA) is 504 Å². The summed E-state index contributed by atoms with van der Waals surface area (Å²) in [6.45, 7) is 15.9. The Morgan fingerprint density at radius 2 is 1.08 bits per heavy atom. The van der Waals surface area contributed by atoms with Crippen molar-refractivity contribution in [2.24, 2.45) is 68.4 Å². The molecule has 0 spiro atoms. The Morgan fingerprint density at radius 1 is 0.582 bits per heavy atom. The number of carbonyl (C=O) groups excluding carboxylic acids is 11. The normalized spacial score (nSPS) is 21.2. The SMILES string of the molecule is CC[C@H](Cc1ccccc1)C(=O)N[C@H](C(=O)N[C@@H](CCCN=C(N)N)C(=O)N[C@H](CCC(=O)O)C(=O)N[C@@H](C(=O)N[C@H](C(=O)N[C@@H](CO)C(=O)N[C@H]1C(=O)N[C@@H](CCCN=C(N)N)C(=O)N[C@@H](C2CCCCC2)C(=O)N[C@@H]([C@@H](C)CC)C(=O)O[C@H]1C)[C@@H](C)CC)[C@H](C)CC)[C@@H](C)CC. The highest BCUT2D eigenvalue weighted by Crippen LogP contribution is 2.28. The smallest absolute Gasteiger partial charge is 0.329 e. The van der Waals surface area contributed by atoms with E-state index in [1.807, 2.05) is 44.2 Å². The minimum absolute atomic E-state index is 0.0253. The highest BCUT2D eigenvalue weighted by atomic mass is 16.5. The molecule has 3 rings (SSSR count). The fraction of sp³-hybridized carbons (Fsp3) is 0.701. The van der Waals surface area contributed by atoms with Gasteiger partial charge in [-0.05, 0) is 99.9 Å². The van der Waals surface area contributed by atoms with Gasteiger partial charge in [0.15, 0.2) is 11.9 Å². The Hall–Kier alpha value is -8.64. The predicted octanol–water partition coefficient (Wildman–Crippen LogP) is -0.222. The van der Waals surface area contributed by atoms with Gasteiger partial charge in [-0.15, -0.1) is 0 Å². The Labute approximate surface area is 575 Å². The van der Waals surface area contributed by atoms with Gasteiger partial charge in [0.2, 0.25) is 59.1 Å². The number of nitrogens with zero attached hydrogens (tertiary/aromatic N) is 2. The van der Waals surface area contributed by atoms with Gasteiger partial charge in [0, 0.05) is 25.4 Å². The van der Waals surface area contributed by atoms with E-state index >= 15 is 0 Å². The molecule has 0 aromatic heterocycles. The lowest BCUT2D eigenvalue weighted by molar-refractivity contribution is -0.157. The summed E-state index contributed by atoms with van der Waals surface area (Å²) in [6, 6.07) is -5.11. The van der Waals surface area contributed by atoms with Crippen molar-refractivity contribution in [1.82, 2.24) is 53.2 Å². The van der Waals surface area contributed by atoms with Crippen LogP contribution in [0.4, 0.5) is 0 Å². The first-order valence-corrected chi connectivity index (χ1v) is 34.7. The van der Waals surface area contributed by atoms with Gasteiger partial charge in [0.25, 0.3) is 0 Å². The molecular formula is C67H112N16O15. The van der Waals surface area contributed by atoms with Crippen LogP contribution in [0.25, 0.3) is 0 Å². The van der Waals surface area contributed by atoms with Crippen molar-refractivity contribution in [2.75, 3.05) is 19.7 Å². The predicted molar refractivity (Wildman–Crippen MR) is 367 cm³/mol. The molecule has 2 fully saturated rings. The van der Waals surface area contributed by atoms with Crippen molar-refractivity contribution >= 4 is 82.9 Å². The third-order valence-corrected chi connectivity index (χ3v) is 18.6. The molecule has 0 radical (unpaired) electrons. The summed E-state index contributed by atoms with van der Waals surface area (Å²) < 4.78 is 5.87. The summed E-state index contributed by atoms with van der Waals surface area (Å²) in [4.78, 5) is 178. The van der Waals surface area contributed by atoms with Crippen LogP contribution in [0.3, 0.4) is 0 Å². The van der Waals surface area contributed by atoms with Crippen LogP contribution in [0.15, 0.2) is 40.3 Å². The van der Waals surface area contributed by atoms with Crippen LogP contribution < -0.4 is 76.1 Å². The summed E-state index contributed by atoms with van der Waals surface area (Å²) in [5.74, 6) is -14.4. The largest absolute Gasteiger partial charge is 0.481 e. The number of carboxylic acids is 1. The summed E-state index contributed by atoms with van der Waals surface area (Å²) in [7, 11) is 0. The lowest BCUT2D eigenvalue weighted by Gasteiger charge is -2.33. The molecular weight excluding hydrogens is 1270 g/mol. The number of carbonyl (C=O) groups is 12. The van der Waals surface area contributed by atoms with Crippen molar-refractivity contribution in [1.29, 1.82) is 0 Å². The molecule has 2 aliphatic rings. The van der Waals surface area contributed by atoms with E-state index in [9.17, 15) is 67.7 Å². The number of aliphatic hydroxyl groups excluding tert-OH is 1. The van der Waals surface area contributed by atoms with Crippen LogP contribution in [0.5, 0.6) is 0 Å². The van der Waals surface area contributed by atoms with Gasteiger partial charge >= 0.3 is 11.9 Å². The van der Waals surface area contributed by atoms with E-state index in [0.717, 1.165) is 24.8 Å². The summed E-state index contributed by atoms with van der Waals surface area (Å²) >= 11 is 0. The van der Waals surface area contributed by atoms with Crippen LogP contribution in [0.1, 0.15) is 178 Å².